The summed E-state index contributed by atoms with van der Waals surface area (Å²) in [7, 11) is 0. The minimum absolute atomic E-state index is 0. The first-order chi connectivity index (χ1) is 7.31. The Bertz CT molecular complexity index is 205. The molecule has 0 heterocycles. The van der Waals surface area contributed by atoms with E-state index in [1.165, 1.54) is 32.1 Å². The molecule has 0 aliphatic heterocycles. The summed E-state index contributed by atoms with van der Waals surface area (Å²) in [6.07, 6.45) is 7.98. The molecule has 0 aliphatic rings. The number of unbranched alkanes of at least 4 members (excludes halogenated alkanes) is 5. The van der Waals surface area contributed by atoms with Gasteiger partial charge in [0.05, 0.1) is 0 Å². The molecule has 1 rings (SSSR count). The quantitative estimate of drug-likeness (QED) is 0.590. The molecule has 0 unspecified atom stereocenters. The molecule has 1 radical (unpaired) electrons. The predicted octanol–water partition coefficient (Wildman–Crippen LogP) is 4.57. The van der Waals surface area contributed by atoms with Gasteiger partial charge in [-0.15, -0.1) is 0 Å². The van der Waals surface area contributed by atoms with Gasteiger partial charge in [-0.2, -0.15) is 6.42 Å². The van der Waals surface area contributed by atoms with Gasteiger partial charge in [0.25, 0.3) is 0 Å². The maximum atomic E-state index is 8.63. The summed E-state index contributed by atoms with van der Waals surface area (Å²) in [6.45, 7) is 6.02. The van der Waals surface area contributed by atoms with Crippen molar-refractivity contribution >= 4 is 0 Å². The fourth-order valence-electron chi connectivity index (χ4n) is 1.21. The van der Waals surface area contributed by atoms with Crippen LogP contribution in [0.15, 0.2) is 30.3 Å². The van der Waals surface area contributed by atoms with Crippen molar-refractivity contribution in [3.63, 3.8) is 0 Å². The maximum Gasteiger partial charge on any atom is 0.115 e. The van der Waals surface area contributed by atoms with E-state index < -0.39 is 0 Å². The van der Waals surface area contributed by atoms with Gasteiger partial charge in [0.2, 0.25) is 0 Å². The molecular formula is C14H23OTm-. The monoisotopic (exact) mass is 376 g/mol. The Morgan fingerprint density at radius 3 is 1.94 bits per heavy atom. The van der Waals surface area contributed by atoms with Crippen LogP contribution >= 0.6 is 0 Å². The number of aromatic hydroxyl groups is 1. The topological polar surface area (TPSA) is 20.2 Å². The molecule has 0 aromatic heterocycles. The Balaban J connectivity index is 0. The van der Waals surface area contributed by atoms with Gasteiger partial charge in [-0.3, -0.25) is 0 Å². The van der Waals surface area contributed by atoms with Crippen LogP contribution in [-0.2, 0) is 0 Å². The number of hydrogen-bond acceptors (Lipinski definition) is 1. The summed E-state index contributed by atoms with van der Waals surface area (Å²) in [5, 5.41) is 8.63. The number of phenolic OH excluding ortho intramolecular Hbond substituents is 1. The fourth-order valence-corrected chi connectivity index (χ4v) is 1.21. The van der Waals surface area contributed by atoms with Gasteiger partial charge in [0.15, 0.2) is 0 Å². The van der Waals surface area contributed by atoms with E-state index in [4.69, 9.17) is 5.11 Å². The van der Waals surface area contributed by atoms with E-state index in [0.717, 1.165) is 6.42 Å². The average Bonchev–Trinajstić information content (AvgIpc) is 2.27. The number of rotatable bonds is 5. The molecule has 0 bridgehead atoms. The second kappa shape index (κ2) is 15.3. The number of phenols is 1. The van der Waals surface area contributed by atoms with Crippen LogP contribution in [-0.4, -0.2) is 5.11 Å². The van der Waals surface area contributed by atoms with Crippen LogP contribution in [0.3, 0.4) is 0 Å². The summed E-state index contributed by atoms with van der Waals surface area (Å²) in [4.78, 5) is 0. The Labute approximate surface area is 129 Å². The number of benzene rings is 1. The minimum atomic E-state index is 0. The van der Waals surface area contributed by atoms with Crippen molar-refractivity contribution < 1.29 is 42.0 Å². The number of hydrogen-bond donors (Lipinski definition) is 1. The second-order valence-electron chi connectivity index (χ2n) is 3.60. The smallest absolute Gasteiger partial charge is 0.115 e. The zero-order valence-corrected chi connectivity index (χ0v) is 11.8. The number of para-hydroxylation sites is 1. The summed E-state index contributed by atoms with van der Waals surface area (Å²) >= 11 is 0. The van der Waals surface area contributed by atoms with E-state index >= 15 is 0 Å². The Morgan fingerprint density at radius 1 is 1.00 bits per heavy atom. The molecule has 2 heteroatoms. The summed E-state index contributed by atoms with van der Waals surface area (Å²) in [5.74, 6) is 0.322. The van der Waals surface area contributed by atoms with Crippen LogP contribution in [0.1, 0.15) is 45.4 Å². The molecule has 1 N–H and O–H groups in total. The van der Waals surface area contributed by atoms with Crippen LogP contribution in [0.5, 0.6) is 5.75 Å². The first kappa shape index (κ1) is 18.6. The maximum absolute atomic E-state index is 8.63. The third-order valence-electron chi connectivity index (χ3n) is 2.11. The largest absolute Gasteiger partial charge is 0.508 e. The van der Waals surface area contributed by atoms with Gasteiger partial charge in [0, 0.05) is 36.9 Å². The zero-order valence-electron chi connectivity index (χ0n) is 10.1. The SMILES string of the molecule is Oc1ccccc1.[CH2-]CCCCCCC.[Tm]. The Morgan fingerprint density at radius 2 is 1.56 bits per heavy atom. The standard InChI is InChI=1S/C8H17.C6H6O.Tm/c1-3-5-7-8-6-4-2;7-6-4-2-1-3-5-6;/h1,3-8H2,2H3;1-5,7H;/q-1;;. The van der Waals surface area contributed by atoms with E-state index in [-0.39, 0.29) is 36.9 Å². The van der Waals surface area contributed by atoms with Gasteiger partial charge in [-0.05, 0) is 12.1 Å². The van der Waals surface area contributed by atoms with Crippen molar-refractivity contribution in [1.82, 2.24) is 0 Å². The molecule has 0 atom stereocenters. The molecule has 16 heavy (non-hydrogen) atoms. The normalized spacial score (nSPS) is 8.62. The van der Waals surface area contributed by atoms with Crippen LogP contribution in [0.4, 0.5) is 0 Å². The molecule has 1 aromatic rings. The Hall–Kier alpha value is 0.254. The van der Waals surface area contributed by atoms with Gasteiger partial charge in [-0.25, -0.2) is 0 Å². The third-order valence-corrected chi connectivity index (χ3v) is 2.11. The van der Waals surface area contributed by atoms with E-state index in [0.29, 0.717) is 5.75 Å². The van der Waals surface area contributed by atoms with Crippen LogP contribution in [0.2, 0.25) is 0 Å². The van der Waals surface area contributed by atoms with Crippen molar-refractivity contribution in [2.24, 2.45) is 0 Å². The molecule has 0 saturated heterocycles. The molecule has 0 aliphatic carbocycles. The van der Waals surface area contributed by atoms with Crippen molar-refractivity contribution in [2.75, 3.05) is 0 Å². The van der Waals surface area contributed by atoms with Crippen molar-refractivity contribution in [2.45, 2.75) is 45.4 Å². The fraction of sp³-hybridized carbons (Fsp3) is 0.500. The van der Waals surface area contributed by atoms with E-state index in [1.807, 2.05) is 6.07 Å². The molecule has 0 amide bonds. The third kappa shape index (κ3) is 14.3. The minimum Gasteiger partial charge on any atom is -0.508 e. The van der Waals surface area contributed by atoms with E-state index in [2.05, 4.69) is 13.8 Å². The second-order valence-corrected chi connectivity index (χ2v) is 3.60. The summed E-state index contributed by atoms with van der Waals surface area (Å²) in [6, 6.07) is 8.71. The first-order valence-corrected chi connectivity index (χ1v) is 5.84. The van der Waals surface area contributed by atoms with Crippen LogP contribution in [0, 0.1) is 43.8 Å². The van der Waals surface area contributed by atoms with Crippen molar-refractivity contribution in [1.29, 1.82) is 0 Å². The van der Waals surface area contributed by atoms with Crippen molar-refractivity contribution in [3.8, 4) is 5.75 Å². The molecule has 0 fully saturated rings. The summed E-state index contributed by atoms with van der Waals surface area (Å²) in [5.41, 5.74) is 0. The molecule has 1 nitrogen and oxygen atoms in total. The zero-order chi connectivity index (χ0) is 11.4. The average molecular weight is 376 g/mol. The predicted molar refractivity (Wildman–Crippen MR) is 66.8 cm³/mol. The Kier molecular flexibility index (Phi) is 17.7. The van der Waals surface area contributed by atoms with E-state index in [9.17, 15) is 0 Å². The van der Waals surface area contributed by atoms with Crippen LogP contribution < -0.4 is 0 Å². The van der Waals surface area contributed by atoms with Gasteiger partial charge < -0.3 is 12.0 Å². The van der Waals surface area contributed by atoms with Crippen molar-refractivity contribution in [3.05, 3.63) is 37.3 Å². The molecule has 0 saturated carbocycles. The van der Waals surface area contributed by atoms with Gasteiger partial charge in [-0.1, -0.05) is 57.2 Å². The molecule has 0 spiro atoms. The first-order valence-electron chi connectivity index (χ1n) is 5.84. The molecule has 99 valence electrons. The molecular weight excluding hydrogens is 353 g/mol. The van der Waals surface area contributed by atoms with Gasteiger partial charge in [0.1, 0.15) is 5.75 Å². The molecule has 1 aromatic carbocycles. The van der Waals surface area contributed by atoms with E-state index in [1.54, 1.807) is 24.3 Å². The van der Waals surface area contributed by atoms with Crippen LogP contribution in [0.25, 0.3) is 0 Å². The summed E-state index contributed by atoms with van der Waals surface area (Å²) < 4.78 is 0. The van der Waals surface area contributed by atoms with Gasteiger partial charge >= 0.3 is 0 Å².